The number of halogens is 1. The highest BCUT2D eigenvalue weighted by Crippen LogP contribution is 2.15. The number of carbonyl (C=O) groups is 2. The smallest absolute Gasteiger partial charge is 0.329 e. The number of benzene rings is 1. The van der Waals surface area contributed by atoms with Gasteiger partial charge in [0, 0.05) is 10.7 Å². The maximum Gasteiger partial charge on any atom is 0.329 e. The number of nitrogens with one attached hydrogen (secondary N) is 1. The molecular formula is C14H18ClNO4. The molecule has 1 atom stereocenters. The first-order valence-electron chi connectivity index (χ1n) is 6.41. The minimum Gasteiger partial charge on any atom is -0.466 e. The zero-order valence-electron chi connectivity index (χ0n) is 11.5. The molecule has 0 aliphatic carbocycles. The van der Waals surface area contributed by atoms with E-state index >= 15 is 0 Å². The summed E-state index contributed by atoms with van der Waals surface area (Å²) in [6, 6.07) is 6.04. The molecule has 0 amide bonds. The SMILES string of the molecule is CCOC(=O)CC(Nc1ccc(Cl)cc1)C(=O)OCC. The van der Waals surface area contributed by atoms with Gasteiger partial charge in [0.15, 0.2) is 0 Å². The molecule has 1 N–H and O–H groups in total. The summed E-state index contributed by atoms with van der Waals surface area (Å²) >= 11 is 5.79. The Kier molecular flexibility index (Phi) is 6.87. The topological polar surface area (TPSA) is 64.6 Å². The van der Waals surface area contributed by atoms with E-state index in [4.69, 9.17) is 21.1 Å². The van der Waals surface area contributed by atoms with Crippen LogP contribution in [0, 0.1) is 0 Å². The van der Waals surface area contributed by atoms with Crippen molar-refractivity contribution in [3.05, 3.63) is 29.3 Å². The second kappa shape index (κ2) is 8.43. The van der Waals surface area contributed by atoms with Gasteiger partial charge in [-0.25, -0.2) is 4.79 Å². The van der Waals surface area contributed by atoms with Crippen LogP contribution in [0.4, 0.5) is 5.69 Å². The van der Waals surface area contributed by atoms with Gasteiger partial charge in [0.2, 0.25) is 0 Å². The van der Waals surface area contributed by atoms with Crippen LogP contribution < -0.4 is 5.32 Å². The summed E-state index contributed by atoms with van der Waals surface area (Å²) in [4.78, 5) is 23.4. The molecule has 0 aliphatic rings. The van der Waals surface area contributed by atoms with Crippen LogP contribution in [0.15, 0.2) is 24.3 Å². The lowest BCUT2D eigenvalue weighted by Crippen LogP contribution is -2.34. The molecule has 1 aromatic carbocycles. The van der Waals surface area contributed by atoms with Crippen LogP contribution in [0.5, 0.6) is 0 Å². The van der Waals surface area contributed by atoms with Gasteiger partial charge >= 0.3 is 11.9 Å². The highest BCUT2D eigenvalue weighted by molar-refractivity contribution is 6.30. The van der Waals surface area contributed by atoms with Crippen LogP contribution in [-0.2, 0) is 19.1 Å². The zero-order chi connectivity index (χ0) is 15.0. The summed E-state index contributed by atoms with van der Waals surface area (Å²) in [5, 5.41) is 3.54. The first-order chi connectivity index (χ1) is 9.56. The van der Waals surface area contributed by atoms with E-state index < -0.39 is 18.0 Å². The fraction of sp³-hybridized carbons (Fsp3) is 0.429. The third-order valence-electron chi connectivity index (χ3n) is 2.43. The highest BCUT2D eigenvalue weighted by Gasteiger charge is 2.23. The van der Waals surface area contributed by atoms with E-state index in [0.717, 1.165) is 0 Å². The first kappa shape index (κ1) is 16.3. The first-order valence-corrected chi connectivity index (χ1v) is 6.79. The molecule has 5 nitrogen and oxygen atoms in total. The number of rotatable bonds is 7. The summed E-state index contributed by atoms with van der Waals surface area (Å²) in [6.45, 7) is 3.95. The van der Waals surface area contributed by atoms with Crippen LogP contribution in [-0.4, -0.2) is 31.2 Å². The van der Waals surface area contributed by atoms with Crippen molar-refractivity contribution in [2.45, 2.75) is 26.3 Å². The third kappa shape index (κ3) is 5.48. The van der Waals surface area contributed by atoms with Crippen molar-refractivity contribution in [1.29, 1.82) is 0 Å². The average molecular weight is 300 g/mol. The standard InChI is InChI=1S/C14H18ClNO4/c1-3-19-13(17)9-12(14(18)20-4-2)16-11-7-5-10(15)6-8-11/h5-8,12,16H,3-4,9H2,1-2H3. The highest BCUT2D eigenvalue weighted by atomic mass is 35.5. The fourth-order valence-corrected chi connectivity index (χ4v) is 1.70. The van der Waals surface area contributed by atoms with E-state index in [-0.39, 0.29) is 19.6 Å². The Morgan fingerprint density at radius 1 is 1.15 bits per heavy atom. The van der Waals surface area contributed by atoms with Gasteiger partial charge in [-0.3, -0.25) is 4.79 Å². The largest absolute Gasteiger partial charge is 0.466 e. The van der Waals surface area contributed by atoms with Crippen molar-refractivity contribution in [2.75, 3.05) is 18.5 Å². The van der Waals surface area contributed by atoms with Crippen LogP contribution in [0.1, 0.15) is 20.3 Å². The van der Waals surface area contributed by atoms with E-state index in [1.165, 1.54) is 0 Å². The van der Waals surface area contributed by atoms with Gasteiger partial charge in [-0.1, -0.05) is 11.6 Å². The average Bonchev–Trinajstić information content (AvgIpc) is 2.41. The summed E-state index contributed by atoms with van der Waals surface area (Å²) in [5.41, 5.74) is 0.678. The van der Waals surface area contributed by atoms with Crippen molar-refractivity contribution in [3.63, 3.8) is 0 Å². The lowest BCUT2D eigenvalue weighted by atomic mass is 10.2. The lowest BCUT2D eigenvalue weighted by Gasteiger charge is -2.17. The molecular weight excluding hydrogens is 282 g/mol. The second-order valence-corrected chi connectivity index (χ2v) is 4.40. The van der Waals surface area contributed by atoms with Crippen LogP contribution in [0.3, 0.4) is 0 Å². The van der Waals surface area contributed by atoms with E-state index in [0.29, 0.717) is 10.7 Å². The number of anilines is 1. The van der Waals surface area contributed by atoms with Crippen LogP contribution >= 0.6 is 11.6 Å². The van der Waals surface area contributed by atoms with Crippen molar-refractivity contribution in [2.24, 2.45) is 0 Å². The van der Waals surface area contributed by atoms with Gasteiger partial charge in [0.1, 0.15) is 6.04 Å². The molecule has 1 unspecified atom stereocenters. The summed E-state index contributed by atoms with van der Waals surface area (Å²) in [5.74, 6) is -0.942. The van der Waals surface area contributed by atoms with Gasteiger partial charge in [0.25, 0.3) is 0 Å². The second-order valence-electron chi connectivity index (χ2n) is 3.97. The van der Waals surface area contributed by atoms with Crippen molar-refractivity contribution < 1.29 is 19.1 Å². The minimum absolute atomic E-state index is 0.0880. The molecule has 110 valence electrons. The Balaban J connectivity index is 2.73. The molecule has 0 spiro atoms. The summed E-state index contributed by atoms with van der Waals surface area (Å²) < 4.78 is 9.79. The predicted octanol–water partition coefficient (Wildman–Crippen LogP) is 2.64. The maximum absolute atomic E-state index is 11.8. The maximum atomic E-state index is 11.8. The van der Waals surface area contributed by atoms with Crippen molar-refractivity contribution in [3.8, 4) is 0 Å². The number of hydrogen-bond acceptors (Lipinski definition) is 5. The number of hydrogen-bond donors (Lipinski definition) is 1. The minimum atomic E-state index is -0.782. The van der Waals surface area contributed by atoms with E-state index in [9.17, 15) is 9.59 Å². The quantitative estimate of drug-likeness (QED) is 0.784. The zero-order valence-corrected chi connectivity index (χ0v) is 12.3. The molecule has 0 saturated carbocycles. The Morgan fingerprint density at radius 2 is 1.75 bits per heavy atom. The number of carbonyl (C=O) groups excluding carboxylic acids is 2. The van der Waals surface area contributed by atoms with Gasteiger partial charge < -0.3 is 14.8 Å². The van der Waals surface area contributed by atoms with E-state index in [1.807, 2.05) is 0 Å². The van der Waals surface area contributed by atoms with Crippen LogP contribution in [0.25, 0.3) is 0 Å². The van der Waals surface area contributed by atoms with Gasteiger partial charge in [0.05, 0.1) is 19.6 Å². The van der Waals surface area contributed by atoms with E-state index in [2.05, 4.69) is 5.32 Å². The summed E-state index contributed by atoms with van der Waals surface area (Å²) in [7, 11) is 0. The number of ether oxygens (including phenoxy) is 2. The lowest BCUT2D eigenvalue weighted by molar-refractivity contribution is -0.150. The molecule has 0 heterocycles. The summed E-state index contributed by atoms with van der Waals surface area (Å²) in [6.07, 6.45) is -0.0880. The molecule has 20 heavy (non-hydrogen) atoms. The Morgan fingerprint density at radius 3 is 2.30 bits per heavy atom. The third-order valence-corrected chi connectivity index (χ3v) is 2.68. The molecule has 6 heteroatoms. The van der Waals surface area contributed by atoms with Gasteiger partial charge in [-0.15, -0.1) is 0 Å². The molecule has 1 rings (SSSR count). The van der Waals surface area contributed by atoms with Crippen molar-refractivity contribution >= 4 is 29.2 Å². The van der Waals surface area contributed by atoms with E-state index in [1.54, 1.807) is 38.1 Å². The Bertz CT molecular complexity index is 447. The van der Waals surface area contributed by atoms with Crippen LogP contribution in [0.2, 0.25) is 5.02 Å². The normalized spacial score (nSPS) is 11.6. The Hall–Kier alpha value is -1.75. The molecule has 0 aromatic heterocycles. The molecule has 0 bridgehead atoms. The molecule has 0 aliphatic heterocycles. The predicted molar refractivity (Wildman–Crippen MR) is 76.7 cm³/mol. The van der Waals surface area contributed by atoms with Crippen molar-refractivity contribution in [1.82, 2.24) is 0 Å². The number of esters is 2. The Labute approximate surface area is 123 Å². The molecule has 1 aromatic rings. The fourth-order valence-electron chi connectivity index (χ4n) is 1.57. The van der Waals surface area contributed by atoms with Gasteiger partial charge in [-0.2, -0.15) is 0 Å². The molecule has 0 fully saturated rings. The monoisotopic (exact) mass is 299 g/mol. The molecule has 0 saturated heterocycles. The van der Waals surface area contributed by atoms with Gasteiger partial charge in [-0.05, 0) is 38.1 Å². The molecule has 0 radical (unpaired) electrons.